The number of amides is 3. The van der Waals surface area contributed by atoms with Crippen molar-refractivity contribution in [2.45, 2.75) is 38.9 Å². The number of nitrogens with one attached hydrogen (secondary N) is 3. The van der Waals surface area contributed by atoms with Crippen LogP contribution >= 0.6 is 0 Å². The number of carbonyl (C=O) groups is 3. The number of anilines is 1. The van der Waals surface area contributed by atoms with Crippen LogP contribution in [0.3, 0.4) is 0 Å². The molecule has 170 valence electrons. The van der Waals surface area contributed by atoms with Gasteiger partial charge >= 0.3 is 0 Å². The fourth-order valence-corrected chi connectivity index (χ4v) is 3.08. The second kappa shape index (κ2) is 11.1. The quantitative estimate of drug-likeness (QED) is 0.542. The van der Waals surface area contributed by atoms with Crippen molar-refractivity contribution >= 4 is 23.4 Å². The van der Waals surface area contributed by atoms with E-state index in [-0.39, 0.29) is 11.5 Å². The highest BCUT2D eigenvalue weighted by Gasteiger charge is 2.23. The Balaban J connectivity index is 1.48. The molecule has 1 aliphatic heterocycles. The van der Waals surface area contributed by atoms with Crippen LogP contribution in [0.25, 0.3) is 0 Å². The van der Waals surface area contributed by atoms with E-state index in [0.717, 1.165) is 6.42 Å². The summed E-state index contributed by atoms with van der Waals surface area (Å²) >= 11 is 0. The highest BCUT2D eigenvalue weighted by atomic mass is 16.5. The van der Waals surface area contributed by atoms with Gasteiger partial charge in [-0.2, -0.15) is 0 Å². The van der Waals surface area contributed by atoms with Crippen LogP contribution in [0.5, 0.6) is 11.5 Å². The number of ether oxygens (including phenoxy) is 3. The van der Waals surface area contributed by atoms with Crippen LogP contribution in [-0.4, -0.2) is 43.1 Å². The zero-order valence-corrected chi connectivity index (χ0v) is 18.1. The lowest BCUT2D eigenvalue weighted by Gasteiger charge is -2.16. The van der Waals surface area contributed by atoms with Gasteiger partial charge < -0.3 is 19.5 Å². The van der Waals surface area contributed by atoms with E-state index in [0.29, 0.717) is 36.8 Å². The molecule has 0 saturated carbocycles. The van der Waals surface area contributed by atoms with E-state index in [1.165, 1.54) is 6.07 Å². The summed E-state index contributed by atoms with van der Waals surface area (Å²) < 4.78 is 16.3. The topological polar surface area (TPSA) is 115 Å². The van der Waals surface area contributed by atoms with Crippen molar-refractivity contribution < 1.29 is 28.6 Å². The molecule has 0 aromatic heterocycles. The molecule has 2 aromatic carbocycles. The summed E-state index contributed by atoms with van der Waals surface area (Å²) in [7, 11) is 0. The van der Waals surface area contributed by atoms with E-state index in [1.54, 1.807) is 49.4 Å². The van der Waals surface area contributed by atoms with E-state index in [1.807, 2.05) is 6.92 Å². The second-order valence-corrected chi connectivity index (χ2v) is 7.18. The van der Waals surface area contributed by atoms with Gasteiger partial charge in [0.15, 0.2) is 6.10 Å². The Hall–Kier alpha value is -3.59. The molecule has 0 bridgehead atoms. The van der Waals surface area contributed by atoms with Crippen molar-refractivity contribution in [1.82, 2.24) is 10.9 Å². The molecule has 9 nitrogen and oxygen atoms in total. The van der Waals surface area contributed by atoms with Crippen molar-refractivity contribution in [1.29, 1.82) is 0 Å². The van der Waals surface area contributed by atoms with E-state index >= 15 is 0 Å². The molecule has 3 amide bonds. The van der Waals surface area contributed by atoms with Crippen LogP contribution in [0.15, 0.2) is 48.5 Å². The Morgan fingerprint density at radius 1 is 1.09 bits per heavy atom. The molecule has 3 rings (SSSR count). The van der Waals surface area contributed by atoms with Crippen molar-refractivity contribution in [3.8, 4) is 11.5 Å². The van der Waals surface area contributed by atoms with Gasteiger partial charge in [0.1, 0.15) is 17.6 Å². The summed E-state index contributed by atoms with van der Waals surface area (Å²) in [6.07, 6.45) is 0.213. The standard InChI is InChI=1S/C23H27N3O6/c1-3-30-18-9-11-19(12-10-18)32-15(2)21(27)25-26-22(28)16-6-4-7-17(14-16)24-23(29)20-8-5-13-31-20/h4,6-7,9-12,14-15,20H,3,5,8,13H2,1-2H3,(H,24,29)(H,25,27)(H,26,28). The Labute approximate surface area is 186 Å². The van der Waals surface area contributed by atoms with Crippen molar-refractivity contribution in [2.75, 3.05) is 18.5 Å². The molecule has 3 N–H and O–H groups in total. The first kappa shape index (κ1) is 23.1. The van der Waals surface area contributed by atoms with Gasteiger partial charge in [0, 0.05) is 17.9 Å². The van der Waals surface area contributed by atoms with Crippen LogP contribution in [-0.2, 0) is 14.3 Å². The maximum absolute atomic E-state index is 12.4. The largest absolute Gasteiger partial charge is 0.494 e. The van der Waals surface area contributed by atoms with E-state index in [9.17, 15) is 14.4 Å². The SMILES string of the molecule is CCOc1ccc(OC(C)C(=O)NNC(=O)c2cccc(NC(=O)C3CCCO3)c2)cc1. The average Bonchev–Trinajstić information content (AvgIpc) is 3.34. The summed E-state index contributed by atoms with van der Waals surface area (Å²) in [5.74, 6) is -0.0842. The van der Waals surface area contributed by atoms with Crippen LogP contribution in [0.4, 0.5) is 5.69 Å². The molecular weight excluding hydrogens is 414 g/mol. The summed E-state index contributed by atoms with van der Waals surface area (Å²) in [5, 5.41) is 2.74. The maximum Gasteiger partial charge on any atom is 0.279 e. The van der Waals surface area contributed by atoms with Gasteiger partial charge in [-0.25, -0.2) is 0 Å². The molecule has 0 radical (unpaired) electrons. The third-order valence-electron chi connectivity index (χ3n) is 4.73. The second-order valence-electron chi connectivity index (χ2n) is 7.18. The highest BCUT2D eigenvalue weighted by Crippen LogP contribution is 2.19. The number of hydrogen-bond acceptors (Lipinski definition) is 6. The molecule has 0 aliphatic carbocycles. The van der Waals surface area contributed by atoms with Crippen LogP contribution in [0.1, 0.15) is 37.0 Å². The van der Waals surface area contributed by atoms with Crippen molar-refractivity contribution in [3.63, 3.8) is 0 Å². The zero-order valence-electron chi connectivity index (χ0n) is 18.1. The third kappa shape index (κ3) is 6.45. The molecule has 1 fully saturated rings. The van der Waals surface area contributed by atoms with Crippen LogP contribution in [0, 0.1) is 0 Å². The number of rotatable bonds is 8. The minimum absolute atomic E-state index is 0.242. The first-order chi connectivity index (χ1) is 15.5. The lowest BCUT2D eigenvalue weighted by molar-refractivity contribution is -0.128. The highest BCUT2D eigenvalue weighted by molar-refractivity contribution is 5.99. The molecule has 1 saturated heterocycles. The van der Waals surface area contributed by atoms with Gasteiger partial charge in [-0.3, -0.25) is 25.2 Å². The molecule has 2 aromatic rings. The van der Waals surface area contributed by atoms with Crippen LogP contribution < -0.4 is 25.6 Å². The summed E-state index contributed by atoms with van der Waals surface area (Å²) in [6, 6.07) is 13.3. The Bertz CT molecular complexity index is 941. The molecule has 2 unspecified atom stereocenters. The lowest BCUT2D eigenvalue weighted by Crippen LogP contribution is -2.47. The van der Waals surface area contributed by atoms with Gasteiger partial charge in [-0.1, -0.05) is 6.07 Å². The molecule has 2 atom stereocenters. The zero-order chi connectivity index (χ0) is 22.9. The van der Waals surface area contributed by atoms with Crippen molar-refractivity contribution in [3.05, 3.63) is 54.1 Å². The summed E-state index contributed by atoms with van der Waals surface area (Å²) in [4.78, 5) is 36.8. The van der Waals surface area contributed by atoms with E-state index in [4.69, 9.17) is 14.2 Å². The van der Waals surface area contributed by atoms with Gasteiger partial charge in [0.05, 0.1) is 6.61 Å². The monoisotopic (exact) mass is 441 g/mol. The molecule has 0 spiro atoms. The van der Waals surface area contributed by atoms with Gasteiger partial charge in [-0.15, -0.1) is 0 Å². The first-order valence-corrected chi connectivity index (χ1v) is 10.5. The van der Waals surface area contributed by atoms with Gasteiger partial charge in [0.25, 0.3) is 17.7 Å². The van der Waals surface area contributed by atoms with E-state index < -0.39 is 24.0 Å². The van der Waals surface area contributed by atoms with E-state index in [2.05, 4.69) is 16.2 Å². The Kier molecular flexibility index (Phi) is 8.04. The molecule has 9 heteroatoms. The first-order valence-electron chi connectivity index (χ1n) is 10.5. The molecule has 1 aliphatic rings. The predicted molar refractivity (Wildman–Crippen MR) is 117 cm³/mol. The average molecular weight is 441 g/mol. The molecule has 1 heterocycles. The number of hydrazine groups is 1. The Morgan fingerprint density at radius 2 is 1.84 bits per heavy atom. The van der Waals surface area contributed by atoms with Gasteiger partial charge in [-0.05, 0) is 69.2 Å². The number of benzene rings is 2. The fourth-order valence-electron chi connectivity index (χ4n) is 3.08. The maximum atomic E-state index is 12.4. The molecular formula is C23H27N3O6. The minimum Gasteiger partial charge on any atom is -0.494 e. The van der Waals surface area contributed by atoms with Crippen LogP contribution in [0.2, 0.25) is 0 Å². The van der Waals surface area contributed by atoms with Crippen molar-refractivity contribution in [2.24, 2.45) is 0 Å². The Morgan fingerprint density at radius 3 is 2.53 bits per heavy atom. The summed E-state index contributed by atoms with van der Waals surface area (Å²) in [6.45, 7) is 4.59. The fraction of sp³-hybridized carbons (Fsp3) is 0.348. The molecule has 32 heavy (non-hydrogen) atoms. The smallest absolute Gasteiger partial charge is 0.279 e. The number of carbonyl (C=O) groups excluding carboxylic acids is 3. The third-order valence-corrected chi connectivity index (χ3v) is 4.73. The summed E-state index contributed by atoms with van der Waals surface area (Å²) in [5.41, 5.74) is 5.44. The van der Waals surface area contributed by atoms with Gasteiger partial charge in [0.2, 0.25) is 0 Å². The predicted octanol–water partition coefficient (Wildman–Crippen LogP) is 2.43. The minimum atomic E-state index is -0.842. The normalized spacial score (nSPS) is 16.0. The lowest BCUT2D eigenvalue weighted by atomic mass is 10.1. The number of hydrogen-bond donors (Lipinski definition) is 3.